The number of halogens is 3. The molecule has 3 nitrogen and oxygen atoms in total. The lowest BCUT2D eigenvalue weighted by Gasteiger charge is -2.10. The Morgan fingerprint density at radius 2 is 2.00 bits per heavy atom. The molecule has 1 aromatic rings. The zero-order valence-corrected chi connectivity index (χ0v) is 9.79. The summed E-state index contributed by atoms with van der Waals surface area (Å²) in [7, 11) is 0. The number of hydrogen-bond acceptors (Lipinski definition) is 3. The van der Waals surface area contributed by atoms with Gasteiger partial charge in [0.25, 0.3) is 0 Å². The van der Waals surface area contributed by atoms with E-state index in [0.717, 1.165) is 5.56 Å². The molecule has 0 bridgehead atoms. The molecular formula is C12H13F3O3. The molecule has 6 heteroatoms. The fraction of sp³-hybridized carbons (Fsp3) is 0.417. The van der Waals surface area contributed by atoms with E-state index >= 15 is 0 Å². The fourth-order valence-electron chi connectivity index (χ4n) is 1.29. The summed E-state index contributed by atoms with van der Waals surface area (Å²) in [6.07, 6.45) is -3.70. The standard InChI is InChI=1S/C12H13F3O3/c1-9-2-3-11(10(6-9)7-16)18-5-4-17-8-12(13,14)15/h2-3,6-7H,4-5,8H2,1H3. The average Bonchev–Trinajstić information content (AvgIpc) is 2.28. The fourth-order valence-corrected chi connectivity index (χ4v) is 1.29. The molecule has 0 radical (unpaired) electrons. The van der Waals surface area contributed by atoms with Crippen molar-refractivity contribution < 1.29 is 27.4 Å². The third-order valence-corrected chi connectivity index (χ3v) is 2.04. The van der Waals surface area contributed by atoms with E-state index in [9.17, 15) is 18.0 Å². The molecule has 0 amide bonds. The molecule has 0 aliphatic heterocycles. The Kier molecular flexibility index (Phi) is 5.15. The largest absolute Gasteiger partial charge is 0.490 e. The summed E-state index contributed by atoms with van der Waals surface area (Å²) in [6, 6.07) is 4.99. The molecule has 0 fully saturated rings. The lowest BCUT2D eigenvalue weighted by atomic mass is 10.1. The van der Waals surface area contributed by atoms with E-state index < -0.39 is 12.8 Å². The summed E-state index contributed by atoms with van der Waals surface area (Å²) >= 11 is 0. The van der Waals surface area contributed by atoms with E-state index in [2.05, 4.69) is 4.74 Å². The van der Waals surface area contributed by atoms with Gasteiger partial charge in [0.1, 0.15) is 19.0 Å². The molecule has 0 N–H and O–H groups in total. The minimum absolute atomic E-state index is 0.0417. The van der Waals surface area contributed by atoms with Crippen LogP contribution in [0.15, 0.2) is 18.2 Å². The first-order chi connectivity index (χ1) is 8.42. The first-order valence-electron chi connectivity index (χ1n) is 5.25. The predicted molar refractivity (Wildman–Crippen MR) is 58.9 cm³/mol. The van der Waals surface area contributed by atoms with E-state index in [0.29, 0.717) is 17.6 Å². The maximum absolute atomic E-state index is 11.8. The van der Waals surface area contributed by atoms with Gasteiger partial charge in [0.2, 0.25) is 0 Å². The van der Waals surface area contributed by atoms with Gasteiger partial charge in [-0.25, -0.2) is 0 Å². The Morgan fingerprint density at radius 3 is 2.61 bits per heavy atom. The van der Waals surface area contributed by atoms with Gasteiger partial charge in [0.05, 0.1) is 12.2 Å². The number of aldehydes is 1. The Hall–Kier alpha value is -1.56. The second-order valence-corrected chi connectivity index (χ2v) is 3.68. The van der Waals surface area contributed by atoms with Crippen LogP contribution in [0.1, 0.15) is 15.9 Å². The summed E-state index contributed by atoms with van der Waals surface area (Å²) in [5.41, 5.74) is 1.27. The first-order valence-corrected chi connectivity index (χ1v) is 5.25. The van der Waals surface area contributed by atoms with Crippen LogP contribution in [-0.2, 0) is 4.74 Å². The van der Waals surface area contributed by atoms with Crippen molar-refractivity contribution in [2.45, 2.75) is 13.1 Å². The summed E-state index contributed by atoms with van der Waals surface area (Å²) in [5.74, 6) is 0.339. The first kappa shape index (κ1) is 14.5. The molecule has 1 aromatic carbocycles. The monoisotopic (exact) mass is 262 g/mol. The second kappa shape index (κ2) is 6.39. The maximum atomic E-state index is 11.8. The molecule has 0 unspecified atom stereocenters. The minimum Gasteiger partial charge on any atom is -0.490 e. The topological polar surface area (TPSA) is 35.5 Å². The van der Waals surface area contributed by atoms with Crippen LogP contribution in [0, 0.1) is 6.92 Å². The number of aryl methyl sites for hydroxylation is 1. The number of rotatable bonds is 6. The van der Waals surface area contributed by atoms with Gasteiger partial charge in [-0.15, -0.1) is 0 Å². The van der Waals surface area contributed by atoms with Crippen molar-refractivity contribution in [3.63, 3.8) is 0 Å². The van der Waals surface area contributed by atoms with Crippen LogP contribution >= 0.6 is 0 Å². The van der Waals surface area contributed by atoms with Gasteiger partial charge < -0.3 is 9.47 Å². The quantitative estimate of drug-likeness (QED) is 0.584. The van der Waals surface area contributed by atoms with E-state index in [4.69, 9.17) is 4.74 Å². The van der Waals surface area contributed by atoms with Crippen LogP contribution in [-0.4, -0.2) is 32.3 Å². The third kappa shape index (κ3) is 5.18. The zero-order chi connectivity index (χ0) is 13.6. The van der Waals surface area contributed by atoms with Crippen molar-refractivity contribution in [1.29, 1.82) is 0 Å². The number of carbonyl (C=O) groups is 1. The third-order valence-electron chi connectivity index (χ3n) is 2.04. The van der Waals surface area contributed by atoms with Crippen LogP contribution in [0.2, 0.25) is 0 Å². The highest BCUT2D eigenvalue weighted by molar-refractivity contribution is 5.79. The molecule has 1 rings (SSSR count). The van der Waals surface area contributed by atoms with Gasteiger partial charge in [0.15, 0.2) is 6.29 Å². The zero-order valence-electron chi connectivity index (χ0n) is 9.79. The summed E-state index contributed by atoms with van der Waals surface area (Å²) in [6.45, 7) is 0.291. The van der Waals surface area contributed by atoms with Crippen LogP contribution in [0.5, 0.6) is 5.75 Å². The van der Waals surface area contributed by atoms with Gasteiger partial charge in [-0.1, -0.05) is 11.6 Å². The molecule has 0 aromatic heterocycles. The van der Waals surface area contributed by atoms with Crippen molar-refractivity contribution in [3.05, 3.63) is 29.3 Å². The van der Waals surface area contributed by atoms with Gasteiger partial charge >= 0.3 is 6.18 Å². The molecule has 100 valence electrons. The molecule has 0 saturated carbocycles. The Balaban J connectivity index is 2.38. The molecular weight excluding hydrogens is 249 g/mol. The van der Waals surface area contributed by atoms with Gasteiger partial charge in [-0.3, -0.25) is 4.79 Å². The van der Waals surface area contributed by atoms with Gasteiger partial charge in [-0.05, 0) is 19.1 Å². The van der Waals surface area contributed by atoms with Crippen LogP contribution in [0.3, 0.4) is 0 Å². The summed E-state index contributed by atoms with van der Waals surface area (Å²) in [4.78, 5) is 10.7. The Morgan fingerprint density at radius 1 is 1.28 bits per heavy atom. The highest BCUT2D eigenvalue weighted by Crippen LogP contribution is 2.18. The normalized spacial score (nSPS) is 11.3. The number of hydrogen-bond donors (Lipinski definition) is 0. The Bertz CT molecular complexity index is 402. The van der Waals surface area contributed by atoms with Crippen molar-refractivity contribution in [2.75, 3.05) is 19.8 Å². The predicted octanol–water partition coefficient (Wildman–Crippen LogP) is 2.77. The number of benzene rings is 1. The van der Waals surface area contributed by atoms with Gasteiger partial charge in [-0.2, -0.15) is 13.2 Å². The molecule has 0 aliphatic carbocycles. The molecule has 0 heterocycles. The summed E-state index contributed by atoms with van der Waals surface area (Å²) < 4.78 is 44.8. The highest BCUT2D eigenvalue weighted by atomic mass is 19.4. The van der Waals surface area contributed by atoms with Crippen molar-refractivity contribution in [3.8, 4) is 5.75 Å². The van der Waals surface area contributed by atoms with Gasteiger partial charge in [0, 0.05) is 0 Å². The van der Waals surface area contributed by atoms with Crippen LogP contribution in [0.25, 0.3) is 0 Å². The maximum Gasteiger partial charge on any atom is 0.411 e. The van der Waals surface area contributed by atoms with E-state index in [1.807, 2.05) is 6.92 Å². The lowest BCUT2D eigenvalue weighted by molar-refractivity contribution is -0.175. The second-order valence-electron chi connectivity index (χ2n) is 3.68. The van der Waals surface area contributed by atoms with E-state index in [-0.39, 0.29) is 13.2 Å². The lowest BCUT2D eigenvalue weighted by Crippen LogP contribution is -2.19. The Labute approximate surface area is 103 Å². The van der Waals surface area contributed by atoms with Crippen LogP contribution < -0.4 is 4.74 Å². The van der Waals surface area contributed by atoms with Crippen molar-refractivity contribution in [2.24, 2.45) is 0 Å². The molecule has 0 spiro atoms. The summed E-state index contributed by atoms with van der Waals surface area (Å²) in [5, 5.41) is 0. The molecule has 0 saturated heterocycles. The highest BCUT2D eigenvalue weighted by Gasteiger charge is 2.27. The van der Waals surface area contributed by atoms with Crippen molar-refractivity contribution >= 4 is 6.29 Å². The number of alkyl halides is 3. The SMILES string of the molecule is Cc1ccc(OCCOCC(F)(F)F)c(C=O)c1. The molecule has 0 atom stereocenters. The molecule has 0 aliphatic rings. The van der Waals surface area contributed by atoms with E-state index in [1.165, 1.54) is 0 Å². The van der Waals surface area contributed by atoms with Crippen LogP contribution in [0.4, 0.5) is 13.2 Å². The number of ether oxygens (including phenoxy) is 2. The molecule has 18 heavy (non-hydrogen) atoms. The smallest absolute Gasteiger partial charge is 0.411 e. The minimum atomic E-state index is -4.34. The van der Waals surface area contributed by atoms with E-state index in [1.54, 1.807) is 18.2 Å². The average molecular weight is 262 g/mol. The number of carbonyl (C=O) groups excluding carboxylic acids is 1. The van der Waals surface area contributed by atoms with Crippen molar-refractivity contribution in [1.82, 2.24) is 0 Å².